The van der Waals surface area contributed by atoms with E-state index in [9.17, 15) is 13.2 Å². The molecular weight excluding hydrogens is 312 g/mol. The fraction of sp³-hybridized carbons (Fsp3) is 0.588. The van der Waals surface area contributed by atoms with Crippen molar-refractivity contribution >= 4 is 15.7 Å². The third-order valence-electron chi connectivity index (χ3n) is 5.17. The fourth-order valence-corrected chi connectivity index (χ4v) is 5.49. The van der Waals surface area contributed by atoms with Crippen molar-refractivity contribution in [3.05, 3.63) is 35.9 Å². The van der Waals surface area contributed by atoms with Crippen molar-refractivity contribution in [3.8, 4) is 0 Å². The van der Waals surface area contributed by atoms with Crippen LogP contribution in [0.3, 0.4) is 0 Å². The molecule has 0 spiro atoms. The van der Waals surface area contributed by atoms with Crippen LogP contribution in [0, 0.1) is 0 Å². The molecule has 2 N–H and O–H groups in total. The van der Waals surface area contributed by atoms with Crippen LogP contribution in [0.2, 0.25) is 0 Å². The number of sulfone groups is 1. The van der Waals surface area contributed by atoms with Gasteiger partial charge in [-0.2, -0.15) is 0 Å². The molecule has 1 aromatic rings. The van der Waals surface area contributed by atoms with Crippen LogP contribution < -0.4 is 10.6 Å². The summed E-state index contributed by atoms with van der Waals surface area (Å²) in [5.74, 6) is 0.216. The average Bonchev–Trinajstić information content (AvgIpc) is 2.92. The van der Waals surface area contributed by atoms with Crippen molar-refractivity contribution in [3.63, 3.8) is 0 Å². The van der Waals surface area contributed by atoms with Gasteiger partial charge < -0.3 is 10.6 Å². The molecular formula is C17H24N2O3S. The Morgan fingerprint density at radius 2 is 1.91 bits per heavy atom. The topological polar surface area (TPSA) is 75.3 Å². The van der Waals surface area contributed by atoms with Gasteiger partial charge in [0.05, 0.1) is 16.4 Å². The summed E-state index contributed by atoms with van der Waals surface area (Å²) in [6.45, 7) is 1.83. The lowest BCUT2D eigenvalue weighted by Gasteiger charge is -2.37. The van der Waals surface area contributed by atoms with E-state index < -0.39 is 20.5 Å². The third-order valence-corrected chi connectivity index (χ3v) is 7.45. The second-order valence-corrected chi connectivity index (χ2v) is 8.94. The third kappa shape index (κ3) is 3.28. The van der Waals surface area contributed by atoms with Gasteiger partial charge in [0.2, 0.25) is 5.91 Å². The van der Waals surface area contributed by atoms with Crippen molar-refractivity contribution in [2.45, 2.75) is 36.3 Å². The Bertz CT molecular complexity index is 652. The normalized spacial score (nSPS) is 25.8. The molecule has 0 aromatic heterocycles. The molecule has 2 saturated heterocycles. The fourth-order valence-electron chi connectivity index (χ4n) is 3.72. The van der Waals surface area contributed by atoms with E-state index in [1.807, 2.05) is 30.3 Å². The van der Waals surface area contributed by atoms with Crippen molar-refractivity contribution in [2.24, 2.45) is 0 Å². The van der Waals surface area contributed by atoms with Crippen LogP contribution in [0.25, 0.3) is 0 Å². The Hall–Kier alpha value is -1.40. The predicted octanol–water partition coefficient (Wildman–Crippen LogP) is 1.00. The molecule has 2 aliphatic heterocycles. The molecule has 2 fully saturated rings. The van der Waals surface area contributed by atoms with E-state index in [1.165, 1.54) is 0 Å². The van der Waals surface area contributed by atoms with Crippen molar-refractivity contribution < 1.29 is 13.2 Å². The molecule has 3 rings (SSSR count). The molecule has 2 aliphatic rings. The Morgan fingerprint density at radius 1 is 1.22 bits per heavy atom. The first kappa shape index (κ1) is 16.5. The zero-order chi connectivity index (χ0) is 16.3. The molecule has 0 aliphatic carbocycles. The SMILES string of the molecule is O=C(NC[C@H]1CCCS1(=O)=O)C1(c2ccccc2)CCNCC1. The molecule has 126 valence electrons. The summed E-state index contributed by atoms with van der Waals surface area (Å²) in [5, 5.41) is 5.83. The van der Waals surface area contributed by atoms with Gasteiger partial charge >= 0.3 is 0 Å². The van der Waals surface area contributed by atoms with Gasteiger partial charge in [0.1, 0.15) is 0 Å². The Labute approximate surface area is 137 Å². The summed E-state index contributed by atoms with van der Waals surface area (Å²) < 4.78 is 23.9. The lowest BCUT2D eigenvalue weighted by atomic mass is 9.72. The number of hydrogen-bond acceptors (Lipinski definition) is 4. The molecule has 23 heavy (non-hydrogen) atoms. The molecule has 1 atom stereocenters. The quantitative estimate of drug-likeness (QED) is 0.860. The minimum Gasteiger partial charge on any atom is -0.354 e. The molecule has 0 radical (unpaired) electrons. The van der Waals surface area contributed by atoms with Crippen LogP contribution in [0.4, 0.5) is 0 Å². The zero-order valence-electron chi connectivity index (χ0n) is 13.3. The van der Waals surface area contributed by atoms with Gasteiger partial charge in [-0.15, -0.1) is 0 Å². The highest BCUT2D eigenvalue weighted by atomic mass is 32.2. The first-order valence-electron chi connectivity index (χ1n) is 8.31. The summed E-state index contributed by atoms with van der Waals surface area (Å²) in [6.07, 6.45) is 2.83. The molecule has 1 amide bonds. The summed E-state index contributed by atoms with van der Waals surface area (Å²) in [4.78, 5) is 13.0. The van der Waals surface area contributed by atoms with Gasteiger partial charge in [-0.1, -0.05) is 30.3 Å². The molecule has 5 nitrogen and oxygen atoms in total. The van der Waals surface area contributed by atoms with Gasteiger partial charge in [-0.3, -0.25) is 4.79 Å². The minimum absolute atomic E-state index is 0.0349. The van der Waals surface area contributed by atoms with E-state index in [2.05, 4.69) is 10.6 Å². The molecule has 0 bridgehead atoms. The van der Waals surface area contributed by atoms with Gasteiger partial charge in [0.15, 0.2) is 9.84 Å². The Balaban J connectivity index is 1.76. The molecule has 6 heteroatoms. The largest absolute Gasteiger partial charge is 0.354 e. The van der Waals surface area contributed by atoms with Crippen molar-refractivity contribution in [1.29, 1.82) is 0 Å². The van der Waals surface area contributed by atoms with Crippen LogP contribution in [0.5, 0.6) is 0 Å². The molecule has 2 heterocycles. The average molecular weight is 336 g/mol. The summed E-state index contributed by atoms with van der Waals surface area (Å²) >= 11 is 0. The highest BCUT2D eigenvalue weighted by Crippen LogP contribution is 2.34. The number of rotatable bonds is 4. The van der Waals surface area contributed by atoms with Crippen LogP contribution in [0.1, 0.15) is 31.2 Å². The number of amides is 1. The molecule has 0 unspecified atom stereocenters. The van der Waals surface area contributed by atoms with E-state index >= 15 is 0 Å². The number of benzene rings is 1. The van der Waals surface area contributed by atoms with Crippen LogP contribution in [-0.4, -0.2) is 45.0 Å². The van der Waals surface area contributed by atoms with E-state index in [-0.39, 0.29) is 18.2 Å². The minimum atomic E-state index is -3.02. The highest BCUT2D eigenvalue weighted by Gasteiger charge is 2.42. The lowest BCUT2D eigenvalue weighted by molar-refractivity contribution is -0.127. The zero-order valence-corrected chi connectivity index (χ0v) is 14.1. The number of nitrogens with one attached hydrogen (secondary N) is 2. The number of piperidine rings is 1. The van der Waals surface area contributed by atoms with E-state index in [4.69, 9.17) is 0 Å². The molecule has 0 saturated carbocycles. The van der Waals surface area contributed by atoms with Gasteiger partial charge in [0, 0.05) is 6.54 Å². The Morgan fingerprint density at radius 3 is 2.52 bits per heavy atom. The summed E-state index contributed by atoms with van der Waals surface area (Å²) in [7, 11) is -3.02. The predicted molar refractivity (Wildman–Crippen MR) is 90.0 cm³/mol. The maximum atomic E-state index is 13.0. The number of carbonyl (C=O) groups is 1. The smallest absolute Gasteiger partial charge is 0.230 e. The van der Waals surface area contributed by atoms with Gasteiger partial charge in [0.25, 0.3) is 0 Å². The van der Waals surface area contributed by atoms with Crippen molar-refractivity contribution in [1.82, 2.24) is 10.6 Å². The maximum absolute atomic E-state index is 13.0. The van der Waals surface area contributed by atoms with E-state index in [0.717, 1.165) is 31.5 Å². The second kappa shape index (κ2) is 6.61. The van der Waals surface area contributed by atoms with Crippen LogP contribution >= 0.6 is 0 Å². The van der Waals surface area contributed by atoms with E-state index in [0.29, 0.717) is 12.8 Å². The monoisotopic (exact) mass is 336 g/mol. The first-order valence-corrected chi connectivity index (χ1v) is 10.0. The molecule has 1 aromatic carbocycles. The van der Waals surface area contributed by atoms with E-state index in [1.54, 1.807) is 0 Å². The van der Waals surface area contributed by atoms with Crippen LogP contribution in [-0.2, 0) is 20.0 Å². The van der Waals surface area contributed by atoms with Crippen LogP contribution in [0.15, 0.2) is 30.3 Å². The standard InChI is InChI=1S/C17H24N2O3S/c20-16(19-13-15-7-4-12-23(15,21)22)17(8-10-18-11-9-17)14-5-2-1-3-6-14/h1-3,5-6,15,18H,4,7-13H2,(H,19,20)/t15-/m1/s1. The first-order chi connectivity index (χ1) is 11.0. The number of hydrogen-bond donors (Lipinski definition) is 2. The van der Waals surface area contributed by atoms with Gasteiger partial charge in [-0.25, -0.2) is 8.42 Å². The lowest BCUT2D eigenvalue weighted by Crippen LogP contribution is -2.52. The number of carbonyl (C=O) groups excluding carboxylic acids is 1. The highest BCUT2D eigenvalue weighted by molar-refractivity contribution is 7.92. The Kier molecular flexibility index (Phi) is 4.73. The second-order valence-electron chi connectivity index (χ2n) is 6.54. The maximum Gasteiger partial charge on any atom is 0.230 e. The van der Waals surface area contributed by atoms with Crippen molar-refractivity contribution in [2.75, 3.05) is 25.4 Å². The summed E-state index contributed by atoms with van der Waals surface area (Å²) in [6, 6.07) is 9.84. The summed E-state index contributed by atoms with van der Waals surface area (Å²) in [5.41, 5.74) is 0.475. The van der Waals surface area contributed by atoms with Gasteiger partial charge in [-0.05, 0) is 44.3 Å².